The number of ketones is 1. The van der Waals surface area contributed by atoms with Gasteiger partial charge < -0.3 is 0 Å². The average Bonchev–Trinajstić information content (AvgIpc) is 2.52. The molecule has 2 aromatic rings. The van der Waals surface area contributed by atoms with Gasteiger partial charge in [0, 0.05) is 31.3 Å². The summed E-state index contributed by atoms with van der Waals surface area (Å²) >= 11 is 0. The molecule has 0 aliphatic rings. The van der Waals surface area contributed by atoms with E-state index < -0.39 is 0 Å². The number of Topliss-reactive ketones (excluding diaryl/α,β-unsaturated/α-hetero) is 1. The normalized spacial score (nSPS) is 10.8. The lowest BCUT2D eigenvalue weighted by Crippen LogP contribution is -2.26. The smallest absolute Gasteiger partial charge is 0.164 e. The van der Waals surface area contributed by atoms with Gasteiger partial charge in [0.15, 0.2) is 5.78 Å². The molecule has 2 rings (SSSR count). The van der Waals surface area contributed by atoms with E-state index in [1.165, 1.54) is 24.3 Å². The predicted molar refractivity (Wildman–Crippen MR) is 80.5 cm³/mol. The largest absolute Gasteiger partial charge is 0.297 e. The number of carbonyl (C=O) groups is 1. The van der Waals surface area contributed by atoms with E-state index in [0.29, 0.717) is 18.5 Å². The maximum absolute atomic E-state index is 12.8. The maximum Gasteiger partial charge on any atom is 0.164 e. The molecular weight excluding hydrogens is 267 g/mol. The number of pyridine rings is 1. The summed E-state index contributed by atoms with van der Waals surface area (Å²) < 4.78 is 12.8. The minimum absolute atomic E-state index is 0.0365. The first-order valence-electron chi connectivity index (χ1n) is 7.10. The fourth-order valence-electron chi connectivity index (χ4n) is 2.11. The number of halogens is 1. The molecule has 0 N–H and O–H groups in total. The molecule has 0 aliphatic heterocycles. The molecule has 0 bridgehead atoms. The molecule has 1 aromatic carbocycles. The highest BCUT2D eigenvalue weighted by atomic mass is 19.1. The topological polar surface area (TPSA) is 33.2 Å². The van der Waals surface area contributed by atoms with Crippen molar-refractivity contribution in [3.8, 4) is 0 Å². The second kappa shape index (κ2) is 7.64. The molecule has 21 heavy (non-hydrogen) atoms. The van der Waals surface area contributed by atoms with Gasteiger partial charge in [-0.1, -0.05) is 13.0 Å². The van der Waals surface area contributed by atoms with Crippen molar-refractivity contribution in [2.24, 2.45) is 0 Å². The fraction of sp³-hybridized carbons (Fsp3) is 0.294. The van der Waals surface area contributed by atoms with Crippen LogP contribution in [-0.2, 0) is 6.54 Å². The lowest BCUT2D eigenvalue weighted by atomic mass is 10.1. The summed E-state index contributed by atoms with van der Waals surface area (Å²) in [5.41, 5.74) is 1.55. The zero-order valence-electron chi connectivity index (χ0n) is 12.1. The zero-order valence-corrected chi connectivity index (χ0v) is 12.1. The molecule has 0 unspecified atom stereocenters. The Morgan fingerprint density at radius 2 is 1.95 bits per heavy atom. The molecule has 0 fully saturated rings. The maximum atomic E-state index is 12.8. The van der Waals surface area contributed by atoms with Crippen LogP contribution < -0.4 is 0 Å². The first kappa shape index (κ1) is 15.3. The summed E-state index contributed by atoms with van der Waals surface area (Å²) in [6.07, 6.45) is 2.19. The Labute approximate surface area is 124 Å². The zero-order chi connectivity index (χ0) is 15.1. The van der Waals surface area contributed by atoms with Crippen molar-refractivity contribution in [1.29, 1.82) is 0 Å². The minimum atomic E-state index is -0.322. The standard InChI is InChI=1S/C17H19FN2O/c1-2-20(13-16-5-3-4-11-19-16)12-10-17(21)14-6-8-15(18)9-7-14/h3-9,11H,2,10,12-13H2,1H3. The van der Waals surface area contributed by atoms with Gasteiger partial charge in [-0.05, 0) is 42.9 Å². The van der Waals surface area contributed by atoms with Crippen molar-refractivity contribution in [2.75, 3.05) is 13.1 Å². The number of nitrogens with zero attached hydrogens (tertiary/aromatic N) is 2. The molecule has 0 amide bonds. The Balaban J connectivity index is 1.88. The number of hydrogen-bond donors (Lipinski definition) is 0. The second-order valence-electron chi connectivity index (χ2n) is 4.87. The van der Waals surface area contributed by atoms with Crippen LogP contribution in [0.1, 0.15) is 29.4 Å². The van der Waals surface area contributed by atoms with Crippen LogP contribution in [0.4, 0.5) is 4.39 Å². The van der Waals surface area contributed by atoms with Crippen LogP contribution in [0, 0.1) is 5.82 Å². The van der Waals surface area contributed by atoms with Gasteiger partial charge in [0.25, 0.3) is 0 Å². The number of hydrogen-bond acceptors (Lipinski definition) is 3. The molecule has 0 atom stereocenters. The molecule has 1 heterocycles. The molecule has 110 valence electrons. The third-order valence-electron chi connectivity index (χ3n) is 3.38. The predicted octanol–water partition coefficient (Wildman–Crippen LogP) is 3.32. The SMILES string of the molecule is CCN(CCC(=O)c1ccc(F)cc1)Cc1ccccn1. The molecular formula is C17H19FN2O. The van der Waals surface area contributed by atoms with Crippen molar-refractivity contribution in [2.45, 2.75) is 19.9 Å². The summed E-state index contributed by atoms with van der Waals surface area (Å²) in [5, 5.41) is 0. The van der Waals surface area contributed by atoms with Crippen LogP contribution in [0.5, 0.6) is 0 Å². The average molecular weight is 286 g/mol. The van der Waals surface area contributed by atoms with Crippen LogP contribution in [-0.4, -0.2) is 28.8 Å². The van der Waals surface area contributed by atoms with Gasteiger partial charge in [0.1, 0.15) is 5.82 Å². The van der Waals surface area contributed by atoms with Gasteiger partial charge in [-0.15, -0.1) is 0 Å². The third kappa shape index (κ3) is 4.76. The van der Waals surface area contributed by atoms with E-state index in [0.717, 1.165) is 18.8 Å². The van der Waals surface area contributed by atoms with Gasteiger partial charge >= 0.3 is 0 Å². The Morgan fingerprint density at radius 1 is 1.19 bits per heavy atom. The van der Waals surface area contributed by atoms with Crippen molar-refractivity contribution in [1.82, 2.24) is 9.88 Å². The monoisotopic (exact) mass is 286 g/mol. The molecule has 0 saturated carbocycles. The Morgan fingerprint density at radius 3 is 2.57 bits per heavy atom. The summed E-state index contributed by atoms with van der Waals surface area (Å²) in [7, 11) is 0. The quantitative estimate of drug-likeness (QED) is 0.732. The van der Waals surface area contributed by atoms with Crippen LogP contribution in [0.2, 0.25) is 0 Å². The van der Waals surface area contributed by atoms with Crippen LogP contribution in [0.15, 0.2) is 48.7 Å². The molecule has 0 aliphatic carbocycles. The highest BCUT2D eigenvalue weighted by Gasteiger charge is 2.10. The molecule has 4 heteroatoms. The van der Waals surface area contributed by atoms with Crippen molar-refractivity contribution < 1.29 is 9.18 Å². The Hall–Kier alpha value is -2.07. The van der Waals surface area contributed by atoms with E-state index in [1.807, 2.05) is 18.2 Å². The summed E-state index contributed by atoms with van der Waals surface area (Å²) in [4.78, 5) is 18.5. The second-order valence-corrected chi connectivity index (χ2v) is 4.87. The molecule has 1 aromatic heterocycles. The van der Waals surface area contributed by atoms with E-state index >= 15 is 0 Å². The van der Waals surface area contributed by atoms with Crippen molar-refractivity contribution in [3.63, 3.8) is 0 Å². The number of rotatable bonds is 7. The number of aromatic nitrogens is 1. The lowest BCUT2D eigenvalue weighted by molar-refractivity contribution is 0.0963. The van der Waals surface area contributed by atoms with Gasteiger partial charge in [-0.2, -0.15) is 0 Å². The van der Waals surface area contributed by atoms with Gasteiger partial charge in [0.2, 0.25) is 0 Å². The van der Waals surface area contributed by atoms with Gasteiger partial charge in [-0.3, -0.25) is 14.7 Å². The molecule has 0 radical (unpaired) electrons. The highest BCUT2D eigenvalue weighted by Crippen LogP contribution is 2.08. The van der Waals surface area contributed by atoms with E-state index in [2.05, 4.69) is 16.8 Å². The van der Waals surface area contributed by atoms with Crippen LogP contribution >= 0.6 is 0 Å². The number of carbonyl (C=O) groups excluding carboxylic acids is 1. The van der Waals surface area contributed by atoms with E-state index in [9.17, 15) is 9.18 Å². The molecule has 0 saturated heterocycles. The fourth-order valence-corrected chi connectivity index (χ4v) is 2.11. The van der Waals surface area contributed by atoms with E-state index in [4.69, 9.17) is 0 Å². The summed E-state index contributed by atoms with van der Waals surface area (Å²) in [6, 6.07) is 11.5. The Kier molecular flexibility index (Phi) is 5.58. The van der Waals surface area contributed by atoms with Crippen molar-refractivity contribution in [3.05, 3.63) is 65.7 Å². The molecule has 3 nitrogen and oxygen atoms in total. The van der Waals surface area contributed by atoms with Gasteiger partial charge in [0.05, 0.1) is 5.69 Å². The summed E-state index contributed by atoms with van der Waals surface area (Å²) in [6.45, 7) is 4.32. The Bertz CT molecular complexity index is 569. The van der Waals surface area contributed by atoms with Crippen molar-refractivity contribution >= 4 is 5.78 Å². The summed E-state index contributed by atoms with van der Waals surface area (Å²) in [5.74, 6) is -0.286. The van der Waals surface area contributed by atoms with E-state index in [1.54, 1.807) is 6.20 Å². The number of benzene rings is 1. The first-order valence-corrected chi connectivity index (χ1v) is 7.10. The van der Waals surface area contributed by atoms with Crippen LogP contribution in [0.3, 0.4) is 0 Å². The van der Waals surface area contributed by atoms with Crippen LogP contribution in [0.25, 0.3) is 0 Å². The highest BCUT2D eigenvalue weighted by molar-refractivity contribution is 5.96. The van der Waals surface area contributed by atoms with E-state index in [-0.39, 0.29) is 11.6 Å². The van der Waals surface area contributed by atoms with Gasteiger partial charge in [-0.25, -0.2) is 4.39 Å². The minimum Gasteiger partial charge on any atom is -0.297 e. The third-order valence-corrected chi connectivity index (χ3v) is 3.38. The first-order chi connectivity index (χ1) is 10.2. The molecule has 0 spiro atoms. The lowest BCUT2D eigenvalue weighted by Gasteiger charge is -2.19.